The molecule has 28 heavy (non-hydrogen) atoms. The lowest BCUT2D eigenvalue weighted by Gasteiger charge is -2.21. The number of carbonyl (C=O) groups is 1. The first kappa shape index (κ1) is 19.2. The topological polar surface area (TPSA) is 64.1 Å². The van der Waals surface area contributed by atoms with Gasteiger partial charge in [-0.2, -0.15) is 0 Å². The highest BCUT2D eigenvalue weighted by Gasteiger charge is 2.24. The van der Waals surface area contributed by atoms with Gasteiger partial charge in [0.05, 0.1) is 5.39 Å². The first-order chi connectivity index (χ1) is 13.5. The van der Waals surface area contributed by atoms with E-state index < -0.39 is 0 Å². The highest BCUT2D eigenvalue weighted by molar-refractivity contribution is 7.20. The SMILES string of the molecule is Cc1c(Cl)cccc1Nc1ncnc2sc(C(=O)OC3CCCCC3)c(C)c12. The summed E-state index contributed by atoms with van der Waals surface area (Å²) in [5, 5.41) is 4.89. The summed E-state index contributed by atoms with van der Waals surface area (Å²) in [7, 11) is 0. The molecule has 5 nitrogen and oxygen atoms in total. The van der Waals surface area contributed by atoms with Gasteiger partial charge in [0.15, 0.2) is 0 Å². The van der Waals surface area contributed by atoms with Crippen molar-refractivity contribution in [3.8, 4) is 0 Å². The second kappa shape index (κ2) is 8.05. The van der Waals surface area contributed by atoms with Crippen LogP contribution in [-0.4, -0.2) is 22.0 Å². The lowest BCUT2D eigenvalue weighted by Crippen LogP contribution is -2.20. The van der Waals surface area contributed by atoms with Crippen LogP contribution in [0.25, 0.3) is 10.2 Å². The van der Waals surface area contributed by atoms with Crippen molar-refractivity contribution in [1.29, 1.82) is 0 Å². The fourth-order valence-electron chi connectivity index (χ4n) is 3.62. The molecule has 1 N–H and O–H groups in total. The van der Waals surface area contributed by atoms with Gasteiger partial charge in [0, 0.05) is 10.7 Å². The minimum absolute atomic E-state index is 0.0312. The van der Waals surface area contributed by atoms with E-state index in [0.29, 0.717) is 15.7 Å². The van der Waals surface area contributed by atoms with Gasteiger partial charge in [0.25, 0.3) is 0 Å². The Morgan fingerprint density at radius 3 is 2.75 bits per heavy atom. The van der Waals surface area contributed by atoms with E-state index in [1.807, 2.05) is 32.0 Å². The fraction of sp³-hybridized carbons (Fsp3) is 0.381. The maximum absolute atomic E-state index is 12.8. The van der Waals surface area contributed by atoms with E-state index in [0.717, 1.165) is 52.7 Å². The number of nitrogens with zero attached hydrogens (tertiary/aromatic N) is 2. The van der Waals surface area contributed by atoms with E-state index in [1.165, 1.54) is 24.1 Å². The van der Waals surface area contributed by atoms with E-state index in [1.54, 1.807) is 0 Å². The van der Waals surface area contributed by atoms with Crippen molar-refractivity contribution in [2.45, 2.75) is 52.1 Å². The number of esters is 1. The van der Waals surface area contributed by atoms with E-state index in [2.05, 4.69) is 15.3 Å². The molecule has 0 unspecified atom stereocenters. The Bertz CT molecular complexity index is 1030. The molecule has 0 spiro atoms. The quantitative estimate of drug-likeness (QED) is 0.514. The zero-order valence-corrected chi connectivity index (χ0v) is 17.5. The number of nitrogens with one attached hydrogen (secondary N) is 1. The zero-order valence-electron chi connectivity index (χ0n) is 15.9. The molecular weight excluding hydrogens is 394 g/mol. The molecule has 2 heterocycles. The van der Waals surface area contributed by atoms with Gasteiger partial charge in [-0.05, 0) is 62.8 Å². The van der Waals surface area contributed by atoms with Crippen LogP contribution in [0.1, 0.15) is 52.9 Å². The van der Waals surface area contributed by atoms with Crippen LogP contribution in [0.4, 0.5) is 11.5 Å². The summed E-state index contributed by atoms with van der Waals surface area (Å²) in [6, 6.07) is 5.70. The van der Waals surface area contributed by atoms with E-state index in [4.69, 9.17) is 16.3 Å². The average Bonchev–Trinajstić information content (AvgIpc) is 3.04. The number of thiophene rings is 1. The number of hydrogen-bond acceptors (Lipinski definition) is 6. The summed E-state index contributed by atoms with van der Waals surface area (Å²) in [6.07, 6.45) is 6.93. The molecule has 0 atom stereocenters. The molecule has 4 rings (SSSR count). The minimum Gasteiger partial charge on any atom is -0.458 e. The van der Waals surface area contributed by atoms with E-state index >= 15 is 0 Å². The molecule has 1 fully saturated rings. The van der Waals surface area contributed by atoms with Crippen molar-refractivity contribution in [2.24, 2.45) is 0 Å². The molecule has 2 aromatic heterocycles. The Kier molecular flexibility index (Phi) is 5.51. The molecule has 1 aromatic carbocycles. The predicted molar refractivity (Wildman–Crippen MR) is 114 cm³/mol. The van der Waals surface area contributed by atoms with Crippen molar-refractivity contribution in [3.63, 3.8) is 0 Å². The Labute approximate surface area is 173 Å². The van der Waals surface area contributed by atoms with Gasteiger partial charge in [-0.1, -0.05) is 24.1 Å². The van der Waals surface area contributed by atoms with Crippen molar-refractivity contribution >= 4 is 50.6 Å². The molecule has 0 radical (unpaired) electrons. The molecule has 1 aliphatic carbocycles. The average molecular weight is 416 g/mol. The monoisotopic (exact) mass is 415 g/mol. The van der Waals surface area contributed by atoms with Crippen molar-refractivity contribution in [3.05, 3.63) is 45.6 Å². The molecule has 7 heteroatoms. The second-order valence-corrected chi connectivity index (χ2v) is 8.57. The smallest absolute Gasteiger partial charge is 0.348 e. The molecule has 1 saturated carbocycles. The number of ether oxygens (including phenoxy) is 1. The van der Waals surface area contributed by atoms with Crippen molar-refractivity contribution in [1.82, 2.24) is 9.97 Å². The molecule has 0 aliphatic heterocycles. The Hall–Kier alpha value is -2.18. The lowest BCUT2D eigenvalue weighted by molar-refractivity contribution is 0.0216. The van der Waals surface area contributed by atoms with Crippen LogP contribution >= 0.6 is 22.9 Å². The molecule has 146 valence electrons. The number of aromatic nitrogens is 2. The van der Waals surface area contributed by atoms with Crippen molar-refractivity contribution in [2.75, 3.05) is 5.32 Å². The molecular formula is C21H22ClN3O2S. The number of benzene rings is 1. The maximum atomic E-state index is 12.8. The largest absolute Gasteiger partial charge is 0.458 e. The maximum Gasteiger partial charge on any atom is 0.348 e. The summed E-state index contributed by atoms with van der Waals surface area (Å²) in [4.78, 5) is 22.9. The molecule has 0 saturated heterocycles. The van der Waals surface area contributed by atoms with Gasteiger partial charge >= 0.3 is 5.97 Å². The normalized spacial score (nSPS) is 15.0. The van der Waals surface area contributed by atoms with Crippen LogP contribution in [0.2, 0.25) is 5.02 Å². The summed E-state index contributed by atoms with van der Waals surface area (Å²) in [5.41, 5.74) is 2.67. The zero-order chi connectivity index (χ0) is 19.7. The highest BCUT2D eigenvalue weighted by atomic mass is 35.5. The van der Waals surface area contributed by atoms with Crippen molar-refractivity contribution < 1.29 is 9.53 Å². The third kappa shape index (κ3) is 3.71. The third-order valence-corrected chi connectivity index (χ3v) is 6.85. The van der Waals surface area contributed by atoms with Gasteiger partial charge in [-0.15, -0.1) is 11.3 Å². The summed E-state index contributed by atoms with van der Waals surface area (Å²) in [6.45, 7) is 3.88. The number of aryl methyl sites for hydroxylation is 1. The summed E-state index contributed by atoms with van der Waals surface area (Å²) < 4.78 is 5.77. The Morgan fingerprint density at radius 2 is 1.96 bits per heavy atom. The lowest BCUT2D eigenvalue weighted by atomic mass is 9.98. The molecule has 3 aromatic rings. The first-order valence-electron chi connectivity index (χ1n) is 9.52. The predicted octanol–water partition coefficient (Wildman–Crippen LogP) is 6.19. The number of halogens is 1. The van der Waals surface area contributed by atoms with Gasteiger partial charge in [-0.25, -0.2) is 14.8 Å². The van der Waals surface area contributed by atoms with Crippen LogP contribution < -0.4 is 5.32 Å². The minimum atomic E-state index is -0.253. The van der Waals surface area contributed by atoms with Crippen LogP contribution in [0.3, 0.4) is 0 Å². The number of carbonyl (C=O) groups excluding carboxylic acids is 1. The summed E-state index contributed by atoms with van der Waals surface area (Å²) in [5.74, 6) is 0.415. The number of anilines is 2. The standard InChI is InChI=1S/C21H22ClN3O2S/c1-12-15(22)9-6-10-16(12)25-19-17-13(2)18(28-20(17)24-11-23-19)21(26)27-14-7-4-3-5-8-14/h6,9-11,14H,3-5,7-8H2,1-2H3,(H,23,24,25). The van der Waals surface area contributed by atoms with E-state index in [-0.39, 0.29) is 12.1 Å². The highest BCUT2D eigenvalue weighted by Crippen LogP contribution is 2.36. The second-order valence-electron chi connectivity index (χ2n) is 7.16. The molecule has 1 aliphatic rings. The van der Waals surface area contributed by atoms with Crippen LogP contribution in [0, 0.1) is 13.8 Å². The fourth-order valence-corrected chi connectivity index (χ4v) is 4.83. The Morgan fingerprint density at radius 1 is 1.18 bits per heavy atom. The molecule has 0 bridgehead atoms. The number of hydrogen-bond donors (Lipinski definition) is 1. The van der Waals surface area contributed by atoms with Gasteiger partial charge < -0.3 is 10.1 Å². The number of rotatable bonds is 4. The van der Waals surface area contributed by atoms with Crippen LogP contribution in [-0.2, 0) is 4.74 Å². The first-order valence-corrected chi connectivity index (χ1v) is 10.7. The van der Waals surface area contributed by atoms with Gasteiger partial charge in [0.1, 0.15) is 28.0 Å². The number of fused-ring (bicyclic) bond motifs is 1. The Balaban J connectivity index is 1.66. The summed E-state index contributed by atoms with van der Waals surface area (Å²) >= 11 is 7.60. The van der Waals surface area contributed by atoms with E-state index in [9.17, 15) is 4.79 Å². The van der Waals surface area contributed by atoms with Gasteiger partial charge in [-0.3, -0.25) is 0 Å². The van der Waals surface area contributed by atoms with Crippen LogP contribution in [0.15, 0.2) is 24.5 Å². The third-order valence-electron chi connectivity index (χ3n) is 5.26. The van der Waals surface area contributed by atoms with Gasteiger partial charge in [0.2, 0.25) is 0 Å². The molecule has 0 amide bonds. The van der Waals surface area contributed by atoms with Crippen LogP contribution in [0.5, 0.6) is 0 Å².